The lowest BCUT2D eigenvalue weighted by atomic mass is 10.2. The van der Waals surface area contributed by atoms with E-state index in [0.717, 1.165) is 34.5 Å². The Labute approximate surface area is 175 Å². The van der Waals surface area contributed by atoms with E-state index < -0.39 is 0 Å². The Hall–Kier alpha value is -3.68. The highest BCUT2D eigenvalue weighted by molar-refractivity contribution is 5.79. The summed E-state index contributed by atoms with van der Waals surface area (Å²) in [5.74, 6) is 3.84. The number of imidazole rings is 1. The van der Waals surface area contributed by atoms with Gasteiger partial charge in [0, 0.05) is 20.2 Å². The fourth-order valence-electron chi connectivity index (χ4n) is 3.19. The van der Waals surface area contributed by atoms with Gasteiger partial charge in [0.05, 0.1) is 25.0 Å². The van der Waals surface area contributed by atoms with Gasteiger partial charge in [0.25, 0.3) is 0 Å². The topological polar surface area (TPSA) is 84.0 Å². The van der Waals surface area contributed by atoms with Crippen LogP contribution < -0.4 is 19.5 Å². The molecule has 3 aromatic rings. The van der Waals surface area contributed by atoms with E-state index in [1.165, 1.54) is 0 Å². The lowest BCUT2D eigenvalue weighted by Crippen LogP contribution is -2.40. The van der Waals surface area contributed by atoms with Crippen molar-refractivity contribution >= 4 is 5.96 Å². The number of aliphatic imine (C=N–C) groups is 1. The summed E-state index contributed by atoms with van der Waals surface area (Å²) in [6, 6.07) is 15.7. The van der Waals surface area contributed by atoms with Crippen LogP contribution in [0.2, 0.25) is 0 Å². The van der Waals surface area contributed by atoms with Gasteiger partial charge < -0.3 is 29.4 Å². The molecule has 30 heavy (non-hydrogen) atoms. The minimum Gasteiger partial charge on any atom is -0.492 e. The van der Waals surface area contributed by atoms with Crippen molar-refractivity contribution in [2.24, 2.45) is 4.99 Å². The fraction of sp³-hybridized carbons (Fsp3) is 0.273. The van der Waals surface area contributed by atoms with Gasteiger partial charge in [-0.25, -0.2) is 4.98 Å². The Morgan fingerprint density at radius 1 is 1.20 bits per heavy atom. The largest absolute Gasteiger partial charge is 0.492 e. The second-order valence-corrected chi connectivity index (χ2v) is 6.80. The minimum absolute atomic E-state index is 0.255. The number of aromatic nitrogens is 2. The Kier molecular flexibility index (Phi) is 6.03. The van der Waals surface area contributed by atoms with E-state index in [2.05, 4.69) is 32.4 Å². The van der Waals surface area contributed by atoms with Crippen LogP contribution in [0.4, 0.5) is 0 Å². The van der Waals surface area contributed by atoms with Gasteiger partial charge in [-0.3, -0.25) is 4.99 Å². The van der Waals surface area contributed by atoms with Gasteiger partial charge in [-0.2, -0.15) is 0 Å². The Balaban J connectivity index is 1.25. The molecule has 8 heteroatoms. The zero-order valence-corrected chi connectivity index (χ0v) is 17.1. The molecule has 1 aliphatic rings. The Morgan fingerprint density at radius 3 is 2.87 bits per heavy atom. The molecule has 8 nitrogen and oxygen atoms in total. The second kappa shape index (κ2) is 9.21. The molecule has 0 saturated heterocycles. The number of aromatic amines is 1. The SMILES string of the molecule is CN=C(NCCOc1ccc2c(c1)OCO2)N(C)Cc1ncc(-c2ccccc2)[nH]1. The van der Waals surface area contributed by atoms with E-state index in [1.807, 2.05) is 54.5 Å². The van der Waals surface area contributed by atoms with Gasteiger partial charge in [-0.15, -0.1) is 0 Å². The zero-order valence-electron chi connectivity index (χ0n) is 17.1. The second-order valence-electron chi connectivity index (χ2n) is 6.80. The number of hydrogen-bond acceptors (Lipinski definition) is 5. The first-order valence-electron chi connectivity index (χ1n) is 9.76. The van der Waals surface area contributed by atoms with Gasteiger partial charge in [0.15, 0.2) is 17.5 Å². The van der Waals surface area contributed by atoms with Gasteiger partial charge in [0.2, 0.25) is 6.79 Å². The highest BCUT2D eigenvalue weighted by Gasteiger charge is 2.14. The van der Waals surface area contributed by atoms with Crippen molar-refractivity contribution in [1.29, 1.82) is 0 Å². The molecular formula is C22H25N5O3. The zero-order chi connectivity index (χ0) is 20.8. The van der Waals surface area contributed by atoms with Gasteiger partial charge in [-0.05, 0) is 17.7 Å². The maximum atomic E-state index is 5.79. The van der Waals surface area contributed by atoms with Crippen LogP contribution in [-0.4, -0.2) is 54.9 Å². The first kappa shape index (κ1) is 19.6. The molecule has 0 radical (unpaired) electrons. The first-order chi connectivity index (χ1) is 14.7. The van der Waals surface area contributed by atoms with Gasteiger partial charge >= 0.3 is 0 Å². The molecule has 2 aromatic carbocycles. The fourth-order valence-corrected chi connectivity index (χ4v) is 3.19. The van der Waals surface area contributed by atoms with Crippen LogP contribution >= 0.6 is 0 Å². The van der Waals surface area contributed by atoms with E-state index in [-0.39, 0.29) is 6.79 Å². The van der Waals surface area contributed by atoms with Crippen LogP contribution in [0, 0.1) is 0 Å². The molecule has 0 amide bonds. The van der Waals surface area contributed by atoms with Crippen molar-refractivity contribution in [3.63, 3.8) is 0 Å². The summed E-state index contributed by atoms with van der Waals surface area (Å²) in [6.07, 6.45) is 1.86. The third-order valence-electron chi connectivity index (χ3n) is 4.67. The normalized spacial score (nSPS) is 12.7. The van der Waals surface area contributed by atoms with E-state index in [9.17, 15) is 0 Å². The predicted octanol–water partition coefficient (Wildman–Crippen LogP) is 2.89. The van der Waals surface area contributed by atoms with E-state index in [0.29, 0.717) is 25.4 Å². The molecule has 2 heterocycles. The average molecular weight is 407 g/mol. The van der Waals surface area contributed by atoms with E-state index in [1.54, 1.807) is 7.05 Å². The standard InChI is InChI=1S/C22H25N5O3/c1-23-22(24-10-11-28-17-8-9-19-20(12-17)30-15-29-19)27(2)14-21-25-13-18(26-21)16-6-4-3-5-7-16/h3-9,12-13H,10-11,14-15H2,1-2H3,(H,23,24)(H,25,26). The van der Waals surface area contributed by atoms with Crippen molar-refractivity contribution in [1.82, 2.24) is 20.2 Å². The number of nitrogens with one attached hydrogen (secondary N) is 2. The molecule has 0 saturated carbocycles. The maximum Gasteiger partial charge on any atom is 0.231 e. The van der Waals surface area contributed by atoms with E-state index >= 15 is 0 Å². The minimum atomic E-state index is 0.255. The van der Waals surface area contributed by atoms with Gasteiger partial charge in [-0.1, -0.05) is 30.3 Å². The number of nitrogens with zero attached hydrogens (tertiary/aromatic N) is 3. The molecule has 0 atom stereocenters. The van der Waals surface area contributed by atoms with Crippen LogP contribution in [0.1, 0.15) is 5.82 Å². The molecule has 0 aliphatic carbocycles. The highest BCUT2D eigenvalue weighted by Crippen LogP contribution is 2.34. The van der Waals surface area contributed by atoms with Crippen molar-refractivity contribution in [2.75, 3.05) is 34.0 Å². The summed E-state index contributed by atoms with van der Waals surface area (Å²) in [4.78, 5) is 14.2. The highest BCUT2D eigenvalue weighted by atomic mass is 16.7. The van der Waals surface area contributed by atoms with Crippen LogP contribution in [0.25, 0.3) is 11.3 Å². The molecule has 0 unspecified atom stereocenters. The monoisotopic (exact) mass is 407 g/mol. The summed E-state index contributed by atoms with van der Waals surface area (Å²) >= 11 is 0. The third-order valence-corrected chi connectivity index (χ3v) is 4.67. The Morgan fingerprint density at radius 2 is 2.03 bits per heavy atom. The van der Waals surface area contributed by atoms with Crippen LogP contribution in [-0.2, 0) is 6.54 Å². The molecular weight excluding hydrogens is 382 g/mol. The van der Waals surface area contributed by atoms with Crippen LogP contribution in [0.5, 0.6) is 17.2 Å². The number of guanidine groups is 1. The molecule has 1 aromatic heterocycles. The summed E-state index contributed by atoms with van der Waals surface area (Å²) < 4.78 is 16.5. The molecule has 0 fully saturated rings. The van der Waals surface area contributed by atoms with Crippen LogP contribution in [0.15, 0.2) is 59.7 Å². The quantitative estimate of drug-likeness (QED) is 0.356. The first-order valence-corrected chi connectivity index (χ1v) is 9.76. The maximum absolute atomic E-state index is 5.79. The smallest absolute Gasteiger partial charge is 0.231 e. The van der Waals surface area contributed by atoms with Crippen molar-refractivity contribution < 1.29 is 14.2 Å². The third kappa shape index (κ3) is 4.65. The average Bonchev–Trinajstić information content (AvgIpc) is 3.43. The predicted molar refractivity (Wildman–Crippen MR) is 115 cm³/mol. The number of hydrogen-bond donors (Lipinski definition) is 2. The number of rotatable bonds is 7. The molecule has 156 valence electrons. The van der Waals surface area contributed by atoms with Crippen molar-refractivity contribution in [3.8, 4) is 28.5 Å². The lowest BCUT2D eigenvalue weighted by molar-refractivity contribution is 0.173. The van der Waals surface area contributed by atoms with Crippen molar-refractivity contribution in [3.05, 3.63) is 60.6 Å². The number of fused-ring (bicyclic) bond motifs is 1. The van der Waals surface area contributed by atoms with E-state index in [4.69, 9.17) is 14.2 Å². The summed E-state index contributed by atoms with van der Waals surface area (Å²) in [6.45, 7) is 1.96. The number of ether oxygens (including phenoxy) is 3. The van der Waals surface area contributed by atoms with Gasteiger partial charge in [0.1, 0.15) is 18.2 Å². The van der Waals surface area contributed by atoms with Crippen LogP contribution in [0.3, 0.4) is 0 Å². The number of H-pyrrole nitrogens is 1. The molecule has 2 N–H and O–H groups in total. The molecule has 4 rings (SSSR count). The summed E-state index contributed by atoms with van der Waals surface area (Å²) in [7, 11) is 3.73. The molecule has 0 spiro atoms. The lowest BCUT2D eigenvalue weighted by Gasteiger charge is -2.21. The summed E-state index contributed by atoms with van der Waals surface area (Å²) in [5.41, 5.74) is 2.11. The Bertz CT molecular complexity index is 1000. The number of benzene rings is 2. The molecule has 0 bridgehead atoms. The molecule has 1 aliphatic heterocycles. The van der Waals surface area contributed by atoms with Crippen molar-refractivity contribution in [2.45, 2.75) is 6.54 Å². The summed E-state index contributed by atoms with van der Waals surface area (Å²) in [5, 5.41) is 3.30.